The third-order valence-electron chi connectivity index (χ3n) is 7.00. The van der Waals surface area contributed by atoms with Crippen LogP contribution in [0.1, 0.15) is 75.3 Å². The molecule has 2 aromatic carbocycles. The number of nitrogens with one attached hydrogen (secondary N) is 2. The Morgan fingerprint density at radius 3 is 1.16 bits per heavy atom. The molecule has 2 aliphatic rings. The normalized spacial score (nSPS) is 17.0. The van der Waals surface area contributed by atoms with Gasteiger partial charge in [-0.1, -0.05) is 99.2 Å². The Morgan fingerprint density at radius 1 is 0.581 bits per heavy atom. The van der Waals surface area contributed by atoms with Crippen LogP contribution in [0.2, 0.25) is 0 Å². The first kappa shape index (κ1) is 24.5. The molecule has 4 nitrogen and oxygen atoms in total. The maximum absolute atomic E-state index is 8.35. The van der Waals surface area contributed by atoms with E-state index in [4.69, 9.17) is 20.4 Å². The number of hydrogen-bond acceptors (Lipinski definition) is 4. The van der Waals surface area contributed by atoms with Crippen molar-refractivity contribution in [3.8, 4) is 0 Å². The maximum atomic E-state index is 8.35. The minimum absolute atomic E-state index is 0.226. The van der Waals surface area contributed by atoms with E-state index in [9.17, 15) is 0 Å². The molecule has 0 saturated heterocycles. The molecule has 31 heavy (non-hydrogen) atoms. The molecule has 0 atom stereocenters. The van der Waals surface area contributed by atoms with Crippen molar-refractivity contribution in [1.82, 2.24) is 0 Å². The van der Waals surface area contributed by atoms with Crippen molar-refractivity contribution in [1.29, 1.82) is 10.8 Å². The van der Waals surface area contributed by atoms with Crippen LogP contribution in [0.5, 0.6) is 0 Å². The zero-order valence-electron chi connectivity index (χ0n) is 18.3. The molecule has 0 heterocycles. The van der Waals surface area contributed by atoms with Crippen LogP contribution in [0.15, 0.2) is 60.7 Å². The third kappa shape index (κ3) is 6.10. The summed E-state index contributed by atoms with van der Waals surface area (Å²) >= 11 is 0. The van der Waals surface area contributed by atoms with Gasteiger partial charge in [-0.25, -0.2) is 20.4 Å². The number of rotatable bonds is 4. The van der Waals surface area contributed by atoms with Crippen LogP contribution in [-0.2, 0) is 15.0 Å². The molecule has 0 radical (unpaired) electrons. The van der Waals surface area contributed by atoms with Crippen molar-refractivity contribution in [2.24, 2.45) is 11.8 Å². The summed E-state index contributed by atoms with van der Waals surface area (Å²) in [5.41, 5.74) is 3.39. The molecule has 0 amide bonds. The van der Waals surface area contributed by atoms with Crippen LogP contribution >= 0.6 is 0 Å². The van der Waals surface area contributed by atoms with Gasteiger partial charge in [-0.15, -0.1) is 0 Å². The molecule has 4 rings (SSSR count). The van der Waals surface area contributed by atoms with Crippen LogP contribution in [-0.4, -0.2) is 12.2 Å². The summed E-state index contributed by atoms with van der Waals surface area (Å²) in [6, 6.07) is 23.1. The number of isocyanates is 2. The predicted molar refractivity (Wildman–Crippen MR) is 124 cm³/mol. The van der Waals surface area contributed by atoms with E-state index in [2.05, 4.69) is 60.7 Å². The molecule has 0 bridgehead atoms. The molecule has 2 aliphatic carbocycles. The standard InChI is InChI=1S/C25H32.2CHNO/c1-5-13-21(14-6-1)25(22-15-7-2-8-16-22,23-17-9-3-10-18-23)24-19-11-4-12-20-24;2*2-1-3/h1-2,5-8,13-16,23-24H,3-4,9-12,17-20H2;2*2H. The molecule has 164 valence electrons. The quantitative estimate of drug-likeness (QED) is 0.416. The SMILES string of the molecule is N=C=O.N=C=O.c1ccc(C(c2ccccc2)(C2CCCCC2)C2CCCCC2)cc1. The molecular weight excluding hydrogens is 384 g/mol. The highest BCUT2D eigenvalue weighted by atomic mass is 16.1. The average Bonchev–Trinajstić information content (AvgIpc) is 2.84. The van der Waals surface area contributed by atoms with E-state index in [-0.39, 0.29) is 5.41 Å². The van der Waals surface area contributed by atoms with Gasteiger partial charge in [0.2, 0.25) is 12.2 Å². The molecule has 2 aromatic rings. The van der Waals surface area contributed by atoms with Crippen molar-refractivity contribution in [2.45, 2.75) is 69.6 Å². The molecule has 0 unspecified atom stereocenters. The number of hydrogen-bond donors (Lipinski definition) is 2. The smallest absolute Gasteiger partial charge is 0.222 e. The Hall–Kier alpha value is -2.80. The fourth-order valence-corrected chi connectivity index (χ4v) is 5.99. The van der Waals surface area contributed by atoms with Gasteiger partial charge in [0.05, 0.1) is 0 Å². The Labute approximate surface area is 186 Å². The first-order chi connectivity index (χ1) is 15.2. The Morgan fingerprint density at radius 2 is 0.871 bits per heavy atom. The van der Waals surface area contributed by atoms with E-state index in [0.717, 1.165) is 24.0 Å². The Bertz CT molecular complexity index is 739. The van der Waals surface area contributed by atoms with Crippen LogP contribution in [0, 0.1) is 22.7 Å². The van der Waals surface area contributed by atoms with Crippen molar-refractivity contribution >= 4 is 12.2 Å². The van der Waals surface area contributed by atoms with Crippen LogP contribution < -0.4 is 0 Å². The molecule has 2 fully saturated rings. The Kier molecular flexibility index (Phi) is 10.6. The van der Waals surface area contributed by atoms with E-state index in [1.54, 1.807) is 11.1 Å². The lowest BCUT2D eigenvalue weighted by Crippen LogP contribution is -2.45. The van der Waals surface area contributed by atoms with Gasteiger partial charge in [0.25, 0.3) is 0 Å². The lowest BCUT2D eigenvalue weighted by atomic mass is 9.53. The fraction of sp³-hybridized carbons (Fsp3) is 0.481. The summed E-state index contributed by atoms with van der Waals surface area (Å²) in [7, 11) is 0. The lowest BCUT2D eigenvalue weighted by molar-refractivity contribution is 0.134. The van der Waals surface area contributed by atoms with Gasteiger partial charge in [0.15, 0.2) is 0 Å². The summed E-state index contributed by atoms with van der Waals surface area (Å²) in [6.45, 7) is 0. The van der Waals surface area contributed by atoms with Crippen molar-refractivity contribution in [2.75, 3.05) is 0 Å². The van der Waals surface area contributed by atoms with Crippen LogP contribution in [0.3, 0.4) is 0 Å². The average molecular weight is 419 g/mol. The molecule has 0 aliphatic heterocycles. The fourth-order valence-electron chi connectivity index (χ4n) is 5.99. The first-order valence-electron chi connectivity index (χ1n) is 11.4. The summed E-state index contributed by atoms with van der Waals surface area (Å²) in [6.07, 6.45) is 15.6. The van der Waals surface area contributed by atoms with Gasteiger partial charge >= 0.3 is 0 Å². The third-order valence-corrected chi connectivity index (χ3v) is 7.00. The van der Waals surface area contributed by atoms with E-state index >= 15 is 0 Å². The molecule has 4 heteroatoms. The van der Waals surface area contributed by atoms with Gasteiger partial charge in [-0.05, 0) is 48.6 Å². The highest BCUT2D eigenvalue weighted by molar-refractivity contribution is 5.42. The van der Waals surface area contributed by atoms with E-state index in [1.807, 2.05) is 0 Å². The minimum Gasteiger partial charge on any atom is -0.222 e. The maximum Gasteiger partial charge on any atom is 0.231 e. The van der Waals surface area contributed by atoms with Crippen LogP contribution in [0.25, 0.3) is 0 Å². The monoisotopic (exact) mass is 418 g/mol. The molecular formula is C27H34N2O2. The molecule has 0 aromatic heterocycles. The predicted octanol–water partition coefficient (Wildman–Crippen LogP) is 6.94. The lowest BCUT2D eigenvalue weighted by Gasteiger charge is -2.50. The topological polar surface area (TPSA) is 81.8 Å². The second-order valence-corrected chi connectivity index (χ2v) is 8.48. The van der Waals surface area contributed by atoms with Crippen LogP contribution in [0.4, 0.5) is 0 Å². The molecule has 2 saturated carbocycles. The molecule has 2 N–H and O–H groups in total. The second kappa shape index (κ2) is 13.5. The summed E-state index contributed by atoms with van der Waals surface area (Å²) in [5.74, 6) is 1.60. The minimum atomic E-state index is 0.226. The highest BCUT2D eigenvalue weighted by Gasteiger charge is 2.47. The molecule has 0 spiro atoms. The second-order valence-electron chi connectivity index (χ2n) is 8.48. The number of carbonyl (C=O) groups excluding carboxylic acids is 2. The van der Waals surface area contributed by atoms with E-state index < -0.39 is 0 Å². The number of benzene rings is 2. The van der Waals surface area contributed by atoms with Crippen molar-refractivity contribution in [3.63, 3.8) is 0 Å². The Balaban J connectivity index is 0.000000513. The van der Waals surface area contributed by atoms with Gasteiger partial charge in [0, 0.05) is 5.41 Å². The largest absolute Gasteiger partial charge is 0.231 e. The summed E-state index contributed by atoms with van der Waals surface area (Å²) in [4.78, 5) is 16.7. The highest BCUT2D eigenvalue weighted by Crippen LogP contribution is 2.54. The van der Waals surface area contributed by atoms with Gasteiger partial charge in [0.1, 0.15) is 0 Å². The van der Waals surface area contributed by atoms with E-state index in [0.29, 0.717) is 0 Å². The summed E-state index contributed by atoms with van der Waals surface area (Å²) in [5, 5.41) is 10.8. The van der Waals surface area contributed by atoms with Gasteiger partial charge in [-0.3, -0.25) is 0 Å². The van der Waals surface area contributed by atoms with E-state index in [1.165, 1.54) is 64.2 Å². The zero-order valence-corrected chi connectivity index (χ0v) is 18.3. The summed E-state index contributed by atoms with van der Waals surface area (Å²) < 4.78 is 0. The van der Waals surface area contributed by atoms with Crippen molar-refractivity contribution < 1.29 is 9.59 Å². The zero-order chi connectivity index (χ0) is 22.4. The van der Waals surface area contributed by atoms with Gasteiger partial charge in [-0.2, -0.15) is 0 Å². The van der Waals surface area contributed by atoms with Gasteiger partial charge < -0.3 is 0 Å². The van der Waals surface area contributed by atoms with Crippen molar-refractivity contribution in [3.05, 3.63) is 71.8 Å². The first-order valence-corrected chi connectivity index (χ1v) is 11.4.